The molecule has 0 unspecified atom stereocenters. The largest absolute Gasteiger partial charge is 0.387 e. The summed E-state index contributed by atoms with van der Waals surface area (Å²) in [6.45, 7) is 0.985. The molecule has 1 aromatic rings. The van der Waals surface area contributed by atoms with Gasteiger partial charge in [-0.2, -0.15) is 0 Å². The molecule has 0 heterocycles. The van der Waals surface area contributed by atoms with E-state index in [0.717, 1.165) is 35.9 Å². The highest BCUT2D eigenvalue weighted by molar-refractivity contribution is 8.76. The smallest absolute Gasteiger partial charge is 0.105 e. The third-order valence-corrected chi connectivity index (χ3v) is 8.17. The monoisotopic (exact) mass is 346 g/mol. The third kappa shape index (κ3) is 3.74. The molecule has 0 radical (unpaired) electrons. The van der Waals surface area contributed by atoms with Crippen molar-refractivity contribution in [2.24, 2.45) is 33.9 Å². The lowest BCUT2D eigenvalue weighted by molar-refractivity contribution is -0.0465. The van der Waals surface area contributed by atoms with Crippen molar-refractivity contribution in [1.29, 1.82) is 0 Å². The van der Waals surface area contributed by atoms with E-state index in [-0.39, 0.29) is 0 Å². The van der Waals surface area contributed by atoms with Gasteiger partial charge in [0.15, 0.2) is 0 Å². The first-order valence-corrected chi connectivity index (χ1v) is 11.2. The molecule has 4 fully saturated rings. The molecule has 0 spiro atoms. The summed E-state index contributed by atoms with van der Waals surface area (Å²) in [6, 6.07) is 10.5. The van der Waals surface area contributed by atoms with Crippen molar-refractivity contribution in [3.8, 4) is 0 Å². The number of aliphatic imine (C=N–C) groups is 1. The van der Waals surface area contributed by atoms with Gasteiger partial charge < -0.3 is 5.73 Å². The van der Waals surface area contributed by atoms with Gasteiger partial charge in [-0.25, -0.2) is 0 Å². The maximum atomic E-state index is 6.18. The van der Waals surface area contributed by atoms with E-state index >= 15 is 0 Å². The zero-order chi connectivity index (χ0) is 15.7. The summed E-state index contributed by atoms with van der Waals surface area (Å²) in [5.41, 5.74) is 6.69. The summed E-state index contributed by atoms with van der Waals surface area (Å²) in [4.78, 5) is 6.09. The second-order valence-electron chi connectivity index (χ2n) is 7.88. The fraction of sp³-hybridized carbons (Fsp3) is 0.632. The van der Waals surface area contributed by atoms with Crippen LogP contribution in [0.4, 0.5) is 0 Å². The number of rotatable bonds is 6. The molecule has 0 aromatic heterocycles. The van der Waals surface area contributed by atoms with Crippen LogP contribution in [-0.2, 0) is 0 Å². The number of amidine groups is 1. The quantitative estimate of drug-likeness (QED) is 0.447. The van der Waals surface area contributed by atoms with Gasteiger partial charge in [0.1, 0.15) is 5.84 Å². The third-order valence-electron chi connectivity index (χ3n) is 5.89. The van der Waals surface area contributed by atoms with Gasteiger partial charge in [-0.1, -0.05) is 39.8 Å². The van der Waals surface area contributed by atoms with Crippen LogP contribution in [0.5, 0.6) is 0 Å². The molecule has 0 atom stereocenters. The van der Waals surface area contributed by atoms with E-state index in [1.807, 2.05) is 0 Å². The van der Waals surface area contributed by atoms with Gasteiger partial charge >= 0.3 is 0 Å². The first kappa shape index (κ1) is 15.9. The lowest BCUT2D eigenvalue weighted by Crippen LogP contribution is -2.47. The Bertz CT molecular complexity index is 535. The number of nitrogens with two attached hydrogens (primary N) is 1. The van der Waals surface area contributed by atoms with Crippen LogP contribution in [0, 0.1) is 23.2 Å². The lowest BCUT2D eigenvalue weighted by Gasteiger charge is -2.56. The Morgan fingerprint density at radius 3 is 2.26 bits per heavy atom. The van der Waals surface area contributed by atoms with Crippen LogP contribution in [-0.4, -0.2) is 18.1 Å². The first-order valence-electron chi connectivity index (χ1n) is 8.84. The van der Waals surface area contributed by atoms with Crippen molar-refractivity contribution in [3.63, 3.8) is 0 Å². The van der Waals surface area contributed by atoms with E-state index in [0.29, 0.717) is 5.41 Å². The molecule has 0 saturated heterocycles. The molecule has 2 nitrogen and oxygen atoms in total. The fourth-order valence-electron chi connectivity index (χ4n) is 5.43. The van der Waals surface area contributed by atoms with E-state index in [9.17, 15) is 0 Å². The fourth-order valence-corrected chi connectivity index (χ4v) is 7.39. The molecule has 4 heteroatoms. The Kier molecular flexibility index (Phi) is 4.64. The number of hydrogen-bond donors (Lipinski definition) is 1. The van der Waals surface area contributed by atoms with E-state index < -0.39 is 0 Å². The standard InChI is InChI=1S/C19H26N2S2/c20-18(12-22-23-17-4-2-1-3-5-17)21-13-19-9-14-6-15(10-19)8-16(7-14)11-19/h1-5,14-16H,6-13H2,(H2,20,21). The summed E-state index contributed by atoms with van der Waals surface area (Å²) in [5.74, 6) is 4.66. The van der Waals surface area contributed by atoms with Gasteiger partial charge in [-0.15, -0.1) is 0 Å². The first-order chi connectivity index (χ1) is 11.2. The minimum atomic E-state index is 0.511. The normalized spacial score (nSPS) is 35.7. The van der Waals surface area contributed by atoms with Crippen LogP contribution >= 0.6 is 21.6 Å². The van der Waals surface area contributed by atoms with Crippen LogP contribution in [0.2, 0.25) is 0 Å². The van der Waals surface area contributed by atoms with E-state index in [2.05, 4.69) is 30.3 Å². The minimum Gasteiger partial charge on any atom is -0.387 e. The summed E-state index contributed by atoms with van der Waals surface area (Å²) >= 11 is 0. The predicted octanol–water partition coefficient (Wildman–Crippen LogP) is 5.00. The Balaban J connectivity index is 1.28. The summed E-state index contributed by atoms with van der Waals surface area (Å²) in [5, 5.41) is 0. The van der Waals surface area contributed by atoms with Crippen molar-refractivity contribution in [2.75, 3.05) is 12.3 Å². The molecule has 0 amide bonds. The van der Waals surface area contributed by atoms with Gasteiger partial charge in [-0.05, 0) is 73.8 Å². The maximum absolute atomic E-state index is 6.18. The zero-order valence-electron chi connectivity index (χ0n) is 13.6. The number of hydrogen-bond acceptors (Lipinski definition) is 3. The topological polar surface area (TPSA) is 38.4 Å². The second-order valence-corrected chi connectivity index (χ2v) is 10.3. The van der Waals surface area contributed by atoms with Gasteiger partial charge in [0.05, 0.1) is 5.75 Å². The van der Waals surface area contributed by atoms with Crippen LogP contribution in [0.25, 0.3) is 0 Å². The Hall–Kier alpha value is -0.610. The van der Waals surface area contributed by atoms with Crippen LogP contribution < -0.4 is 5.73 Å². The van der Waals surface area contributed by atoms with Gasteiger partial charge in [0.2, 0.25) is 0 Å². The molecular weight excluding hydrogens is 320 g/mol. The van der Waals surface area contributed by atoms with Crippen molar-refractivity contribution in [3.05, 3.63) is 30.3 Å². The number of benzene rings is 1. The average Bonchev–Trinajstić information content (AvgIpc) is 2.53. The van der Waals surface area contributed by atoms with Crippen molar-refractivity contribution >= 4 is 27.4 Å². The van der Waals surface area contributed by atoms with Gasteiger partial charge in [-0.3, -0.25) is 4.99 Å². The Morgan fingerprint density at radius 1 is 1.04 bits per heavy atom. The SMILES string of the molecule is NC(CSSc1ccccc1)=NCC12CC3CC(CC(C3)C1)C2. The predicted molar refractivity (Wildman–Crippen MR) is 102 cm³/mol. The number of nitrogens with zero attached hydrogens (tertiary/aromatic N) is 1. The molecule has 4 bridgehead atoms. The summed E-state index contributed by atoms with van der Waals surface area (Å²) in [7, 11) is 3.58. The molecule has 23 heavy (non-hydrogen) atoms. The van der Waals surface area contributed by atoms with Crippen molar-refractivity contribution in [2.45, 2.75) is 43.4 Å². The van der Waals surface area contributed by atoms with Crippen LogP contribution in [0.3, 0.4) is 0 Å². The highest BCUT2D eigenvalue weighted by Gasteiger charge is 2.50. The average molecular weight is 347 g/mol. The van der Waals surface area contributed by atoms with Crippen molar-refractivity contribution < 1.29 is 0 Å². The maximum Gasteiger partial charge on any atom is 0.105 e. The summed E-state index contributed by atoms with van der Waals surface area (Å²) < 4.78 is 0. The molecule has 4 aliphatic carbocycles. The highest BCUT2D eigenvalue weighted by atomic mass is 33.1. The second kappa shape index (κ2) is 6.72. The minimum absolute atomic E-state index is 0.511. The molecule has 4 aliphatic rings. The summed E-state index contributed by atoms with van der Waals surface area (Å²) in [6.07, 6.45) is 8.76. The van der Waals surface area contributed by atoms with Crippen LogP contribution in [0.1, 0.15) is 38.5 Å². The van der Waals surface area contributed by atoms with Gasteiger partial charge in [0, 0.05) is 11.4 Å². The highest BCUT2D eigenvalue weighted by Crippen LogP contribution is 2.60. The van der Waals surface area contributed by atoms with E-state index in [1.54, 1.807) is 21.6 Å². The zero-order valence-corrected chi connectivity index (χ0v) is 15.2. The Morgan fingerprint density at radius 2 is 1.65 bits per heavy atom. The molecular formula is C19H26N2S2. The van der Waals surface area contributed by atoms with E-state index in [4.69, 9.17) is 10.7 Å². The van der Waals surface area contributed by atoms with Gasteiger partial charge in [0.25, 0.3) is 0 Å². The van der Waals surface area contributed by atoms with Crippen molar-refractivity contribution in [1.82, 2.24) is 0 Å². The molecule has 4 saturated carbocycles. The molecule has 1 aromatic carbocycles. The molecule has 5 rings (SSSR count). The Labute approximate surface area is 147 Å². The van der Waals surface area contributed by atoms with Crippen LogP contribution in [0.15, 0.2) is 40.2 Å². The van der Waals surface area contributed by atoms with E-state index in [1.165, 1.54) is 43.4 Å². The molecule has 124 valence electrons. The molecule has 2 N–H and O–H groups in total. The lowest BCUT2D eigenvalue weighted by atomic mass is 9.49. The molecule has 0 aliphatic heterocycles.